The molecular formula is C29H31N5O4. The van der Waals surface area contributed by atoms with E-state index in [-0.39, 0.29) is 11.9 Å². The van der Waals surface area contributed by atoms with Crippen molar-refractivity contribution in [2.45, 2.75) is 51.0 Å². The number of aromatic nitrogens is 4. The van der Waals surface area contributed by atoms with E-state index in [0.717, 1.165) is 16.7 Å². The number of fused-ring (bicyclic) bond motifs is 1. The minimum atomic E-state index is -0.600. The first kappa shape index (κ1) is 25.7. The number of ether oxygens (including phenoxy) is 3. The number of nitrogens with zero attached hydrogens (tertiary/aromatic N) is 4. The average Bonchev–Trinajstić information content (AvgIpc) is 3.44. The molecule has 9 nitrogen and oxygen atoms in total. The molecule has 4 aromatic rings. The lowest BCUT2D eigenvalue weighted by Crippen LogP contribution is -2.54. The Morgan fingerprint density at radius 2 is 1.32 bits per heavy atom. The van der Waals surface area contributed by atoms with Crippen LogP contribution in [0.4, 0.5) is 0 Å². The molecule has 1 aliphatic heterocycles. The maximum atomic E-state index is 12.2. The number of amides is 1. The van der Waals surface area contributed by atoms with Gasteiger partial charge in [-0.2, -0.15) is 0 Å². The van der Waals surface area contributed by atoms with E-state index >= 15 is 0 Å². The van der Waals surface area contributed by atoms with Crippen molar-refractivity contribution in [3.63, 3.8) is 0 Å². The van der Waals surface area contributed by atoms with Gasteiger partial charge in [0.1, 0.15) is 24.3 Å². The Morgan fingerprint density at radius 3 is 1.87 bits per heavy atom. The van der Waals surface area contributed by atoms with Crippen LogP contribution in [-0.4, -0.2) is 44.9 Å². The largest absolute Gasteiger partial charge is 0.374 e. The molecular weight excluding hydrogens is 482 g/mol. The van der Waals surface area contributed by atoms with Crippen LogP contribution in [0.2, 0.25) is 0 Å². The Labute approximate surface area is 221 Å². The highest BCUT2D eigenvalue weighted by Gasteiger charge is 2.47. The molecule has 1 aromatic heterocycles. The lowest BCUT2D eigenvalue weighted by Gasteiger charge is -2.41. The third-order valence-corrected chi connectivity index (χ3v) is 6.47. The Kier molecular flexibility index (Phi) is 8.49. The van der Waals surface area contributed by atoms with Gasteiger partial charge in [-0.3, -0.25) is 4.79 Å². The van der Waals surface area contributed by atoms with Gasteiger partial charge >= 0.3 is 0 Å². The van der Waals surface area contributed by atoms with Crippen molar-refractivity contribution in [1.82, 2.24) is 25.5 Å². The second-order valence-electron chi connectivity index (χ2n) is 9.25. The first-order valence-electron chi connectivity index (χ1n) is 12.7. The molecule has 1 N–H and O–H groups in total. The van der Waals surface area contributed by atoms with Crippen molar-refractivity contribution in [2.24, 2.45) is 0 Å². The fraction of sp³-hybridized carbons (Fsp3) is 0.310. The summed E-state index contributed by atoms with van der Waals surface area (Å²) in [7, 11) is 0. The predicted octanol–water partition coefficient (Wildman–Crippen LogP) is 3.79. The molecule has 0 saturated heterocycles. The third-order valence-electron chi connectivity index (χ3n) is 6.47. The quantitative estimate of drug-likeness (QED) is 0.326. The lowest BCUT2D eigenvalue weighted by atomic mass is 9.93. The van der Waals surface area contributed by atoms with Crippen LogP contribution >= 0.6 is 0 Å². The summed E-state index contributed by atoms with van der Waals surface area (Å²) in [4.78, 5) is 12.2. The van der Waals surface area contributed by atoms with Gasteiger partial charge in [0.2, 0.25) is 5.91 Å². The Hall–Kier alpha value is -3.92. The molecule has 0 radical (unpaired) electrons. The summed E-state index contributed by atoms with van der Waals surface area (Å²) in [6, 6.07) is 28.8. The van der Waals surface area contributed by atoms with Crippen LogP contribution < -0.4 is 5.32 Å². The van der Waals surface area contributed by atoms with Crippen molar-refractivity contribution < 1.29 is 19.0 Å². The van der Waals surface area contributed by atoms with E-state index in [9.17, 15) is 4.79 Å². The van der Waals surface area contributed by atoms with Crippen LogP contribution in [-0.2, 0) is 38.8 Å². The Bertz CT molecular complexity index is 1290. The van der Waals surface area contributed by atoms with Crippen LogP contribution in [0.25, 0.3) is 0 Å². The maximum absolute atomic E-state index is 12.2. The SMILES string of the molecule is CC(=O)N[C@@H]1c2nnnn2[C@H](COCc2ccccc2)[C@@H](OCc2ccccc2)[C@@H]1OCc1ccccc1. The molecule has 0 unspecified atom stereocenters. The van der Waals surface area contributed by atoms with Gasteiger partial charge < -0.3 is 19.5 Å². The molecule has 0 spiro atoms. The van der Waals surface area contributed by atoms with E-state index in [1.165, 1.54) is 6.92 Å². The summed E-state index contributed by atoms with van der Waals surface area (Å²) in [6.45, 7) is 2.90. The summed E-state index contributed by atoms with van der Waals surface area (Å²) in [5, 5.41) is 15.5. The Balaban J connectivity index is 1.44. The highest BCUT2D eigenvalue weighted by atomic mass is 16.5. The second-order valence-corrected chi connectivity index (χ2v) is 9.25. The zero-order chi connectivity index (χ0) is 26.2. The van der Waals surface area contributed by atoms with E-state index in [0.29, 0.717) is 32.3 Å². The van der Waals surface area contributed by atoms with Crippen molar-refractivity contribution >= 4 is 5.91 Å². The zero-order valence-corrected chi connectivity index (χ0v) is 21.2. The van der Waals surface area contributed by atoms with Crippen LogP contribution in [0.3, 0.4) is 0 Å². The topological polar surface area (TPSA) is 100 Å². The Morgan fingerprint density at radius 1 is 0.789 bits per heavy atom. The summed E-state index contributed by atoms with van der Waals surface area (Å²) >= 11 is 0. The maximum Gasteiger partial charge on any atom is 0.217 e. The lowest BCUT2D eigenvalue weighted by molar-refractivity contribution is -0.149. The number of carbonyl (C=O) groups excluding carboxylic acids is 1. The molecule has 196 valence electrons. The van der Waals surface area contributed by atoms with Crippen LogP contribution in [0.5, 0.6) is 0 Å². The van der Waals surface area contributed by atoms with E-state index in [1.54, 1.807) is 4.68 Å². The zero-order valence-electron chi connectivity index (χ0n) is 21.2. The minimum Gasteiger partial charge on any atom is -0.374 e. The molecule has 1 aliphatic rings. The van der Waals surface area contributed by atoms with Crippen LogP contribution in [0.15, 0.2) is 91.0 Å². The number of rotatable bonds is 11. The molecule has 1 amide bonds. The van der Waals surface area contributed by atoms with Gasteiger partial charge in [0.05, 0.1) is 26.4 Å². The van der Waals surface area contributed by atoms with E-state index < -0.39 is 18.2 Å². The summed E-state index contributed by atoms with van der Waals surface area (Å²) in [6.07, 6.45) is -1.07. The van der Waals surface area contributed by atoms with Gasteiger partial charge in [-0.05, 0) is 27.1 Å². The van der Waals surface area contributed by atoms with Crippen LogP contribution in [0, 0.1) is 0 Å². The first-order chi connectivity index (χ1) is 18.7. The number of hydrogen-bond acceptors (Lipinski definition) is 7. The highest BCUT2D eigenvalue weighted by molar-refractivity contribution is 5.73. The molecule has 4 atom stereocenters. The molecule has 5 rings (SSSR count). The molecule has 3 aromatic carbocycles. The number of carbonyl (C=O) groups is 1. The van der Waals surface area contributed by atoms with Crippen molar-refractivity contribution in [1.29, 1.82) is 0 Å². The molecule has 0 saturated carbocycles. The van der Waals surface area contributed by atoms with Gasteiger partial charge in [0.15, 0.2) is 5.82 Å². The standard InChI is InChI=1S/C29H31N5O4/c1-21(35)30-26-28(38-19-24-15-9-4-10-16-24)27(37-18-23-13-7-3-8-14-23)25(34-29(26)31-32-33-34)20-36-17-22-11-5-2-6-12-22/h2-16,25-28H,17-20H2,1H3,(H,30,35)/t25-,26+,27-,28-/m1/s1. The van der Waals surface area contributed by atoms with Crippen molar-refractivity contribution in [3.8, 4) is 0 Å². The molecule has 2 heterocycles. The molecule has 9 heteroatoms. The van der Waals surface area contributed by atoms with Gasteiger partial charge in [0.25, 0.3) is 0 Å². The average molecular weight is 514 g/mol. The van der Waals surface area contributed by atoms with Gasteiger partial charge in [-0.25, -0.2) is 4.68 Å². The molecule has 0 aliphatic carbocycles. The van der Waals surface area contributed by atoms with Gasteiger partial charge in [0, 0.05) is 6.92 Å². The van der Waals surface area contributed by atoms with E-state index in [1.807, 2.05) is 91.0 Å². The molecule has 38 heavy (non-hydrogen) atoms. The fourth-order valence-corrected chi connectivity index (χ4v) is 4.67. The van der Waals surface area contributed by atoms with Gasteiger partial charge in [-0.1, -0.05) is 91.0 Å². The first-order valence-corrected chi connectivity index (χ1v) is 12.7. The van der Waals surface area contributed by atoms with Crippen LogP contribution in [0.1, 0.15) is 41.5 Å². The summed E-state index contributed by atoms with van der Waals surface area (Å²) < 4.78 is 20.9. The smallest absolute Gasteiger partial charge is 0.217 e. The van der Waals surface area contributed by atoms with Gasteiger partial charge in [-0.15, -0.1) is 5.10 Å². The number of nitrogens with one attached hydrogen (secondary N) is 1. The second kappa shape index (κ2) is 12.6. The third kappa shape index (κ3) is 6.31. The van der Waals surface area contributed by atoms with E-state index in [4.69, 9.17) is 14.2 Å². The molecule has 0 fully saturated rings. The highest BCUT2D eigenvalue weighted by Crippen LogP contribution is 2.36. The molecule has 0 bridgehead atoms. The normalized spacial score (nSPS) is 20.6. The summed E-state index contributed by atoms with van der Waals surface area (Å²) in [5.74, 6) is 0.296. The number of tetrazole rings is 1. The van der Waals surface area contributed by atoms with Crippen molar-refractivity contribution in [3.05, 3.63) is 114 Å². The fourth-order valence-electron chi connectivity index (χ4n) is 4.67. The summed E-state index contributed by atoms with van der Waals surface area (Å²) in [5.41, 5.74) is 3.10. The number of hydrogen-bond donors (Lipinski definition) is 1. The predicted molar refractivity (Wildman–Crippen MR) is 140 cm³/mol. The van der Waals surface area contributed by atoms with E-state index in [2.05, 4.69) is 20.8 Å². The van der Waals surface area contributed by atoms with Crippen molar-refractivity contribution in [2.75, 3.05) is 6.61 Å². The monoisotopic (exact) mass is 513 g/mol. The minimum absolute atomic E-state index is 0.210. The number of benzene rings is 3.